The Morgan fingerprint density at radius 2 is 2.27 bits per heavy atom. The van der Waals surface area contributed by atoms with Gasteiger partial charge in [-0.25, -0.2) is 9.78 Å². The highest BCUT2D eigenvalue weighted by atomic mass is 35.5. The monoisotopic (exact) mass is 323 g/mol. The van der Waals surface area contributed by atoms with Gasteiger partial charge in [-0.15, -0.1) is 0 Å². The molecule has 0 bridgehead atoms. The third-order valence-electron chi connectivity index (χ3n) is 3.03. The predicted octanol–water partition coefficient (Wildman–Crippen LogP) is 2.53. The Morgan fingerprint density at radius 1 is 1.50 bits per heavy atom. The minimum atomic E-state index is -0.286. The van der Waals surface area contributed by atoms with Crippen molar-refractivity contribution in [1.82, 2.24) is 19.7 Å². The molecule has 0 fully saturated rings. The van der Waals surface area contributed by atoms with Gasteiger partial charge in [-0.1, -0.05) is 17.7 Å². The number of urea groups is 1. The topological polar surface area (TPSA) is 72.3 Å². The molecule has 0 spiro atoms. The summed E-state index contributed by atoms with van der Waals surface area (Å²) in [7, 11) is 3.45. The van der Waals surface area contributed by atoms with Gasteiger partial charge in [0.25, 0.3) is 0 Å². The molecule has 0 saturated carbocycles. The highest BCUT2D eigenvalue weighted by molar-refractivity contribution is 6.32. The maximum atomic E-state index is 12.3. The van der Waals surface area contributed by atoms with Crippen molar-refractivity contribution in [2.75, 3.05) is 19.0 Å². The Kier molecular flexibility index (Phi) is 5.21. The first-order chi connectivity index (χ1) is 10.5. The van der Waals surface area contributed by atoms with Gasteiger partial charge in [0.2, 0.25) is 0 Å². The molecule has 2 amide bonds. The molecule has 8 heteroatoms. The third-order valence-corrected chi connectivity index (χ3v) is 3.33. The molecule has 2 rings (SSSR count). The highest BCUT2D eigenvalue weighted by Crippen LogP contribution is 2.33. The summed E-state index contributed by atoms with van der Waals surface area (Å²) in [6, 6.07) is 4.92. The van der Waals surface area contributed by atoms with Crippen LogP contribution in [0.3, 0.4) is 0 Å². The number of anilines is 1. The van der Waals surface area contributed by atoms with Crippen LogP contribution in [0.15, 0.2) is 24.5 Å². The summed E-state index contributed by atoms with van der Waals surface area (Å²) in [6.07, 6.45) is 1.45. The van der Waals surface area contributed by atoms with E-state index >= 15 is 0 Å². The first-order valence-electron chi connectivity index (χ1n) is 6.79. The summed E-state index contributed by atoms with van der Waals surface area (Å²) in [5.74, 6) is 1.15. The van der Waals surface area contributed by atoms with Crippen molar-refractivity contribution in [2.45, 2.75) is 13.5 Å². The van der Waals surface area contributed by atoms with Gasteiger partial charge in [0, 0.05) is 14.1 Å². The number of carbonyl (C=O) groups excluding carboxylic acids is 1. The number of nitrogens with zero attached hydrogens (tertiary/aromatic N) is 4. The standard InChI is InChI=1S/C14H18ClN5O2/c1-4-22-13-10(15)6-5-7-11(13)18-14(21)19(2)8-12-16-9-17-20(12)3/h5-7,9H,4,8H2,1-3H3,(H,18,21). The van der Waals surface area contributed by atoms with Crippen LogP contribution in [0.4, 0.5) is 10.5 Å². The predicted molar refractivity (Wildman–Crippen MR) is 84.1 cm³/mol. The molecule has 0 aliphatic heterocycles. The van der Waals surface area contributed by atoms with Gasteiger partial charge < -0.3 is 15.0 Å². The molecule has 0 radical (unpaired) electrons. The summed E-state index contributed by atoms with van der Waals surface area (Å²) >= 11 is 6.10. The van der Waals surface area contributed by atoms with Crippen molar-refractivity contribution in [3.63, 3.8) is 0 Å². The number of halogens is 1. The number of amides is 2. The highest BCUT2D eigenvalue weighted by Gasteiger charge is 2.15. The number of aromatic nitrogens is 3. The Morgan fingerprint density at radius 3 is 2.91 bits per heavy atom. The molecule has 1 heterocycles. The zero-order valence-electron chi connectivity index (χ0n) is 12.7. The molecule has 0 atom stereocenters. The van der Waals surface area contributed by atoms with Crippen molar-refractivity contribution in [3.8, 4) is 5.75 Å². The molecule has 0 saturated heterocycles. The number of benzene rings is 1. The number of rotatable bonds is 5. The summed E-state index contributed by atoms with van der Waals surface area (Å²) in [5, 5.41) is 7.21. The quantitative estimate of drug-likeness (QED) is 0.917. The summed E-state index contributed by atoms with van der Waals surface area (Å²) in [5.41, 5.74) is 0.532. The van der Waals surface area contributed by atoms with E-state index < -0.39 is 0 Å². The molecule has 0 aliphatic carbocycles. The third kappa shape index (κ3) is 3.67. The van der Waals surface area contributed by atoms with E-state index in [-0.39, 0.29) is 6.03 Å². The SMILES string of the molecule is CCOc1c(Cl)cccc1NC(=O)N(C)Cc1ncnn1C. The van der Waals surface area contributed by atoms with Crippen LogP contribution in [0.5, 0.6) is 5.75 Å². The number of ether oxygens (including phenoxy) is 1. The van der Waals surface area contributed by atoms with Gasteiger partial charge in [0.1, 0.15) is 12.2 Å². The van der Waals surface area contributed by atoms with Gasteiger partial charge in [-0.05, 0) is 19.1 Å². The second-order valence-electron chi connectivity index (χ2n) is 4.64. The van der Waals surface area contributed by atoms with Gasteiger partial charge in [0.05, 0.1) is 23.9 Å². The molecule has 118 valence electrons. The lowest BCUT2D eigenvalue weighted by atomic mass is 10.3. The van der Waals surface area contributed by atoms with Crippen molar-refractivity contribution in [2.24, 2.45) is 7.05 Å². The lowest BCUT2D eigenvalue weighted by Gasteiger charge is -2.19. The molecule has 1 aromatic heterocycles. The zero-order chi connectivity index (χ0) is 16.1. The summed E-state index contributed by atoms with van der Waals surface area (Å²) < 4.78 is 7.10. The fourth-order valence-corrected chi connectivity index (χ4v) is 2.09. The molecular formula is C14H18ClN5O2. The maximum Gasteiger partial charge on any atom is 0.322 e. The number of para-hydroxylation sites is 1. The van der Waals surface area contributed by atoms with E-state index in [1.165, 1.54) is 11.2 Å². The van der Waals surface area contributed by atoms with Crippen molar-refractivity contribution < 1.29 is 9.53 Å². The normalized spacial score (nSPS) is 10.4. The summed E-state index contributed by atoms with van der Waals surface area (Å²) in [4.78, 5) is 17.9. The number of carbonyl (C=O) groups is 1. The van der Waals surface area contributed by atoms with E-state index in [9.17, 15) is 4.79 Å². The van der Waals surface area contributed by atoms with E-state index in [0.717, 1.165) is 0 Å². The smallest absolute Gasteiger partial charge is 0.322 e. The molecule has 1 aromatic carbocycles. The Hall–Kier alpha value is -2.28. The number of aryl methyl sites for hydroxylation is 1. The minimum Gasteiger partial charge on any atom is -0.490 e. The van der Waals surface area contributed by atoms with Crippen LogP contribution < -0.4 is 10.1 Å². The molecular weight excluding hydrogens is 306 g/mol. The van der Waals surface area contributed by atoms with E-state index in [1.807, 2.05) is 6.92 Å². The fraction of sp³-hybridized carbons (Fsp3) is 0.357. The maximum absolute atomic E-state index is 12.3. The molecule has 0 aliphatic rings. The number of hydrogen-bond acceptors (Lipinski definition) is 4. The first-order valence-corrected chi connectivity index (χ1v) is 7.17. The van der Waals surface area contributed by atoms with Gasteiger partial charge in [0.15, 0.2) is 5.75 Å². The zero-order valence-corrected chi connectivity index (χ0v) is 13.5. The van der Waals surface area contributed by atoms with Crippen molar-refractivity contribution in [1.29, 1.82) is 0 Å². The number of nitrogens with one attached hydrogen (secondary N) is 1. The fourth-order valence-electron chi connectivity index (χ4n) is 1.86. The van der Waals surface area contributed by atoms with E-state index in [2.05, 4.69) is 15.4 Å². The Labute approximate surface area is 133 Å². The van der Waals surface area contributed by atoms with Crippen LogP contribution in [0, 0.1) is 0 Å². The van der Waals surface area contributed by atoms with E-state index in [0.29, 0.717) is 35.4 Å². The van der Waals surface area contributed by atoms with Crippen LogP contribution in [-0.2, 0) is 13.6 Å². The van der Waals surface area contributed by atoms with Crippen LogP contribution >= 0.6 is 11.6 Å². The minimum absolute atomic E-state index is 0.286. The second-order valence-corrected chi connectivity index (χ2v) is 5.04. The lowest BCUT2D eigenvalue weighted by molar-refractivity contribution is 0.218. The molecule has 0 unspecified atom stereocenters. The van der Waals surface area contributed by atoms with Crippen LogP contribution in [0.25, 0.3) is 0 Å². The van der Waals surface area contributed by atoms with E-state index in [4.69, 9.17) is 16.3 Å². The van der Waals surface area contributed by atoms with Gasteiger partial charge >= 0.3 is 6.03 Å². The van der Waals surface area contributed by atoms with Gasteiger partial charge in [-0.3, -0.25) is 4.68 Å². The second kappa shape index (κ2) is 7.13. The first kappa shape index (κ1) is 16.1. The molecule has 2 aromatic rings. The van der Waals surface area contributed by atoms with Crippen LogP contribution in [-0.4, -0.2) is 39.4 Å². The molecule has 1 N–H and O–H groups in total. The largest absolute Gasteiger partial charge is 0.490 e. The molecule has 7 nitrogen and oxygen atoms in total. The van der Waals surface area contributed by atoms with E-state index in [1.54, 1.807) is 37.0 Å². The molecule has 22 heavy (non-hydrogen) atoms. The average Bonchev–Trinajstić information content (AvgIpc) is 2.88. The van der Waals surface area contributed by atoms with Crippen molar-refractivity contribution >= 4 is 23.3 Å². The van der Waals surface area contributed by atoms with Crippen LogP contribution in [0.2, 0.25) is 5.02 Å². The number of hydrogen-bond donors (Lipinski definition) is 1. The van der Waals surface area contributed by atoms with Crippen LogP contribution in [0.1, 0.15) is 12.7 Å². The summed E-state index contributed by atoms with van der Waals surface area (Å²) in [6.45, 7) is 2.66. The van der Waals surface area contributed by atoms with Gasteiger partial charge in [-0.2, -0.15) is 5.10 Å². The van der Waals surface area contributed by atoms with Crippen molar-refractivity contribution in [3.05, 3.63) is 35.4 Å². The Bertz CT molecular complexity index is 658. The Balaban J connectivity index is 2.08. The average molecular weight is 324 g/mol. The lowest BCUT2D eigenvalue weighted by Crippen LogP contribution is -2.32.